The molecule has 152 valence electrons. The predicted molar refractivity (Wildman–Crippen MR) is 115 cm³/mol. The number of benzene rings is 2. The van der Waals surface area contributed by atoms with E-state index in [0.29, 0.717) is 65.5 Å². The van der Waals surface area contributed by atoms with Gasteiger partial charge in [0.25, 0.3) is 0 Å². The molecule has 0 bridgehead atoms. The Labute approximate surface area is 176 Å². The van der Waals surface area contributed by atoms with Gasteiger partial charge in [-0.2, -0.15) is 4.98 Å². The number of nitrogens with zero attached hydrogens (tertiary/aromatic N) is 5. The molecule has 7 nitrogen and oxygen atoms in total. The molecule has 0 atom stereocenters. The van der Waals surface area contributed by atoms with Crippen LogP contribution in [0.15, 0.2) is 48.5 Å². The van der Waals surface area contributed by atoms with E-state index >= 15 is 0 Å². The summed E-state index contributed by atoms with van der Waals surface area (Å²) < 4.78 is 20.4. The zero-order chi connectivity index (χ0) is 20.7. The SMILES string of the molecule is Nc1c2c(-c3cccc(Cl)c3)nc(N3CCOCC3)nc2nn1-c1ccc(F)cc1. The summed E-state index contributed by atoms with van der Waals surface area (Å²) in [6.07, 6.45) is 0. The number of rotatable bonds is 3. The summed E-state index contributed by atoms with van der Waals surface area (Å²) in [5, 5.41) is 5.82. The maximum Gasteiger partial charge on any atom is 0.228 e. The van der Waals surface area contributed by atoms with Crippen molar-refractivity contribution < 1.29 is 9.13 Å². The van der Waals surface area contributed by atoms with E-state index in [4.69, 9.17) is 27.1 Å². The third-order valence-corrected chi connectivity index (χ3v) is 5.26. The molecule has 2 aromatic heterocycles. The standard InChI is InChI=1S/C21H18ClFN6O/c22-14-3-1-2-13(12-14)18-17-19(24)29(16-6-4-15(23)5-7-16)27-20(17)26-21(25-18)28-8-10-30-11-9-28/h1-7,12H,8-11,24H2. The third-order valence-electron chi connectivity index (χ3n) is 5.02. The summed E-state index contributed by atoms with van der Waals surface area (Å²) in [6.45, 7) is 2.60. The number of hydrogen-bond donors (Lipinski definition) is 1. The lowest BCUT2D eigenvalue weighted by Gasteiger charge is -2.27. The molecule has 1 fully saturated rings. The number of morpholine rings is 1. The van der Waals surface area contributed by atoms with Crippen LogP contribution in [0.1, 0.15) is 0 Å². The van der Waals surface area contributed by atoms with Gasteiger partial charge in [-0.05, 0) is 36.4 Å². The highest BCUT2D eigenvalue weighted by atomic mass is 35.5. The smallest absolute Gasteiger partial charge is 0.228 e. The lowest BCUT2D eigenvalue weighted by atomic mass is 10.1. The molecule has 4 aromatic rings. The van der Waals surface area contributed by atoms with Crippen molar-refractivity contribution in [2.24, 2.45) is 0 Å². The molecular weight excluding hydrogens is 407 g/mol. The summed E-state index contributed by atoms with van der Waals surface area (Å²) in [7, 11) is 0. The van der Waals surface area contributed by atoms with Gasteiger partial charge in [0.1, 0.15) is 11.6 Å². The van der Waals surface area contributed by atoms with E-state index in [1.165, 1.54) is 12.1 Å². The van der Waals surface area contributed by atoms with E-state index in [1.54, 1.807) is 22.9 Å². The molecule has 0 radical (unpaired) electrons. The van der Waals surface area contributed by atoms with Crippen LogP contribution in [0.5, 0.6) is 0 Å². The quantitative estimate of drug-likeness (QED) is 0.540. The summed E-state index contributed by atoms with van der Waals surface area (Å²) in [5.41, 5.74) is 9.03. The van der Waals surface area contributed by atoms with Gasteiger partial charge in [0.05, 0.1) is 30.0 Å². The fraction of sp³-hybridized carbons (Fsp3) is 0.190. The lowest BCUT2D eigenvalue weighted by molar-refractivity contribution is 0.122. The Morgan fingerprint density at radius 2 is 1.80 bits per heavy atom. The maximum absolute atomic E-state index is 13.4. The number of ether oxygens (including phenoxy) is 1. The predicted octanol–water partition coefficient (Wildman–Crippen LogP) is 3.69. The number of aromatic nitrogens is 4. The molecule has 0 unspecified atom stereocenters. The fourth-order valence-corrected chi connectivity index (χ4v) is 3.72. The number of nitrogen functional groups attached to an aromatic ring is 1. The molecule has 0 aliphatic carbocycles. The molecule has 1 aliphatic heterocycles. The van der Waals surface area contributed by atoms with E-state index in [1.807, 2.05) is 18.2 Å². The van der Waals surface area contributed by atoms with Crippen LogP contribution in [0, 0.1) is 5.82 Å². The fourth-order valence-electron chi connectivity index (χ4n) is 3.53. The third kappa shape index (κ3) is 3.34. The van der Waals surface area contributed by atoms with Gasteiger partial charge in [-0.3, -0.25) is 0 Å². The molecular formula is C21H18ClFN6O. The van der Waals surface area contributed by atoms with Crippen LogP contribution in [0.3, 0.4) is 0 Å². The number of fused-ring (bicyclic) bond motifs is 1. The molecule has 5 rings (SSSR count). The first kappa shape index (κ1) is 18.8. The monoisotopic (exact) mass is 424 g/mol. The van der Waals surface area contributed by atoms with Crippen LogP contribution in [0.4, 0.5) is 16.2 Å². The normalized spacial score (nSPS) is 14.4. The Morgan fingerprint density at radius 1 is 1.03 bits per heavy atom. The molecule has 30 heavy (non-hydrogen) atoms. The number of nitrogens with two attached hydrogens (primary N) is 1. The van der Waals surface area contributed by atoms with Crippen LogP contribution in [0.2, 0.25) is 5.02 Å². The van der Waals surface area contributed by atoms with Gasteiger partial charge in [0, 0.05) is 23.7 Å². The van der Waals surface area contributed by atoms with Crippen LogP contribution in [-0.4, -0.2) is 46.1 Å². The zero-order valence-electron chi connectivity index (χ0n) is 15.9. The Bertz CT molecular complexity index is 1220. The molecule has 0 saturated carbocycles. The second kappa shape index (κ2) is 7.55. The molecule has 2 aromatic carbocycles. The van der Waals surface area contributed by atoms with Gasteiger partial charge >= 0.3 is 0 Å². The topological polar surface area (TPSA) is 82.1 Å². The second-order valence-corrected chi connectivity index (χ2v) is 7.39. The summed E-state index contributed by atoms with van der Waals surface area (Å²) in [4.78, 5) is 11.6. The Morgan fingerprint density at radius 3 is 2.53 bits per heavy atom. The first-order valence-electron chi connectivity index (χ1n) is 9.51. The van der Waals surface area contributed by atoms with Crippen molar-refractivity contribution in [1.29, 1.82) is 0 Å². The van der Waals surface area contributed by atoms with Gasteiger partial charge in [0.2, 0.25) is 5.95 Å². The first-order chi connectivity index (χ1) is 14.6. The lowest BCUT2D eigenvalue weighted by Crippen LogP contribution is -2.37. The Balaban J connectivity index is 1.74. The van der Waals surface area contributed by atoms with E-state index in [9.17, 15) is 4.39 Å². The van der Waals surface area contributed by atoms with Crippen molar-refractivity contribution in [3.8, 4) is 16.9 Å². The Kier molecular flexibility index (Phi) is 4.72. The van der Waals surface area contributed by atoms with Crippen molar-refractivity contribution in [1.82, 2.24) is 19.7 Å². The molecule has 1 saturated heterocycles. The zero-order valence-corrected chi connectivity index (χ0v) is 16.7. The largest absolute Gasteiger partial charge is 0.383 e. The van der Waals surface area contributed by atoms with Crippen LogP contribution in [0.25, 0.3) is 28.0 Å². The molecule has 1 aliphatic rings. The van der Waals surface area contributed by atoms with Crippen molar-refractivity contribution in [2.75, 3.05) is 36.9 Å². The van der Waals surface area contributed by atoms with E-state index in [-0.39, 0.29) is 5.82 Å². The van der Waals surface area contributed by atoms with E-state index in [0.717, 1.165) is 5.56 Å². The summed E-state index contributed by atoms with van der Waals surface area (Å²) in [5.74, 6) is 0.604. The van der Waals surface area contributed by atoms with Crippen molar-refractivity contribution in [3.05, 3.63) is 59.4 Å². The minimum absolute atomic E-state index is 0.331. The summed E-state index contributed by atoms with van der Waals surface area (Å²) >= 11 is 6.23. The van der Waals surface area contributed by atoms with Crippen LogP contribution >= 0.6 is 11.6 Å². The van der Waals surface area contributed by atoms with Gasteiger partial charge < -0.3 is 15.4 Å². The van der Waals surface area contributed by atoms with Gasteiger partial charge in [0.15, 0.2) is 5.65 Å². The van der Waals surface area contributed by atoms with Crippen molar-refractivity contribution >= 4 is 34.4 Å². The highest BCUT2D eigenvalue weighted by Gasteiger charge is 2.22. The summed E-state index contributed by atoms with van der Waals surface area (Å²) in [6, 6.07) is 13.4. The molecule has 3 heterocycles. The minimum Gasteiger partial charge on any atom is -0.383 e. The average molecular weight is 425 g/mol. The van der Waals surface area contributed by atoms with Crippen LogP contribution < -0.4 is 10.6 Å². The van der Waals surface area contributed by atoms with Gasteiger partial charge in [-0.1, -0.05) is 23.7 Å². The first-order valence-corrected chi connectivity index (χ1v) is 9.89. The molecule has 0 spiro atoms. The number of anilines is 2. The van der Waals surface area contributed by atoms with Gasteiger partial charge in [-0.25, -0.2) is 14.1 Å². The highest BCUT2D eigenvalue weighted by Crippen LogP contribution is 2.34. The minimum atomic E-state index is -0.331. The molecule has 2 N–H and O–H groups in total. The number of hydrogen-bond acceptors (Lipinski definition) is 6. The van der Waals surface area contributed by atoms with E-state index in [2.05, 4.69) is 15.0 Å². The Hall–Kier alpha value is -3.23. The molecule has 9 heteroatoms. The van der Waals surface area contributed by atoms with E-state index < -0.39 is 0 Å². The molecule has 0 amide bonds. The maximum atomic E-state index is 13.4. The van der Waals surface area contributed by atoms with Crippen molar-refractivity contribution in [3.63, 3.8) is 0 Å². The average Bonchev–Trinajstić information content (AvgIpc) is 3.11. The number of halogens is 2. The van der Waals surface area contributed by atoms with Crippen LogP contribution in [-0.2, 0) is 4.74 Å². The van der Waals surface area contributed by atoms with Gasteiger partial charge in [-0.15, -0.1) is 5.10 Å². The second-order valence-electron chi connectivity index (χ2n) is 6.95. The highest BCUT2D eigenvalue weighted by molar-refractivity contribution is 6.30. The van der Waals surface area contributed by atoms with Crippen molar-refractivity contribution in [2.45, 2.75) is 0 Å².